The molecule has 0 saturated heterocycles. The lowest BCUT2D eigenvalue weighted by Crippen LogP contribution is -2.30. The summed E-state index contributed by atoms with van der Waals surface area (Å²) < 4.78 is 11.6. The molecule has 1 unspecified atom stereocenters. The molecule has 3 amide bonds. The van der Waals surface area contributed by atoms with E-state index in [1.807, 2.05) is 134 Å². The van der Waals surface area contributed by atoms with Crippen molar-refractivity contribution in [3.05, 3.63) is 192 Å². The largest absolute Gasteiger partial charge is 0.492 e. The molecule has 0 aliphatic rings. The fourth-order valence-electron chi connectivity index (χ4n) is 5.41. The number of carbonyl (C=O) groups is 3. The van der Waals surface area contributed by atoms with Crippen LogP contribution in [-0.4, -0.2) is 24.3 Å². The maximum absolute atomic E-state index is 13.7. The highest BCUT2D eigenvalue weighted by Gasteiger charge is 2.23. The summed E-state index contributed by atoms with van der Waals surface area (Å²) >= 11 is 1.39. The summed E-state index contributed by atoms with van der Waals surface area (Å²) in [5, 5.41) is 8.16. The number of amides is 3. The molecule has 0 saturated carbocycles. The zero-order chi connectivity index (χ0) is 37.5. The van der Waals surface area contributed by atoms with Crippen LogP contribution in [-0.2, 0) is 16.2 Å². The van der Waals surface area contributed by atoms with E-state index in [0.717, 1.165) is 16.0 Å². The molecule has 0 radical (unpaired) electrons. The molecule has 0 aliphatic heterocycles. The van der Waals surface area contributed by atoms with Crippen LogP contribution in [0, 0.1) is 0 Å². The topological polar surface area (TPSA) is 106 Å². The van der Waals surface area contributed by atoms with E-state index in [4.69, 9.17) is 9.47 Å². The molecule has 0 fully saturated rings. The van der Waals surface area contributed by atoms with Crippen molar-refractivity contribution in [2.45, 2.75) is 23.7 Å². The zero-order valence-electron chi connectivity index (χ0n) is 29.6. The number of rotatable bonds is 15. The van der Waals surface area contributed by atoms with Gasteiger partial charge in [0.1, 0.15) is 29.1 Å². The van der Waals surface area contributed by atoms with Crippen molar-refractivity contribution in [3.8, 4) is 11.5 Å². The predicted molar refractivity (Wildman–Crippen MR) is 215 cm³/mol. The van der Waals surface area contributed by atoms with Crippen LogP contribution >= 0.6 is 11.8 Å². The van der Waals surface area contributed by atoms with Crippen LogP contribution in [0.15, 0.2) is 174 Å². The number of thioether (sulfide) groups is 1. The van der Waals surface area contributed by atoms with E-state index in [1.165, 1.54) is 11.8 Å². The first-order chi connectivity index (χ1) is 26.4. The number of benzene rings is 6. The molecule has 0 aliphatic carbocycles. The maximum Gasteiger partial charge on any atom is 0.272 e. The Bertz CT molecular complexity index is 2180. The fraction of sp³-hybridized carbons (Fsp3) is 0.0889. The Morgan fingerprint density at radius 3 is 1.98 bits per heavy atom. The molecule has 0 aromatic heterocycles. The van der Waals surface area contributed by atoms with Crippen molar-refractivity contribution in [1.29, 1.82) is 0 Å². The SMILES string of the molecule is CCOc1ccccc1NC(=O)C(Sc1ccc(NC(=O)/C(=C/c2ccc(OCc3ccccc3)cc2)NC(=O)c2ccccc2)cc1)c1ccccc1. The summed E-state index contributed by atoms with van der Waals surface area (Å²) in [6, 6.07) is 50.0. The smallest absolute Gasteiger partial charge is 0.272 e. The van der Waals surface area contributed by atoms with Crippen LogP contribution in [0.5, 0.6) is 11.5 Å². The van der Waals surface area contributed by atoms with Gasteiger partial charge in [-0.1, -0.05) is 103 Å². The Hall–Kier alpha value is -6.58. The van der Waals surface area contributed by atoms with Gasteiger partial charge in [-0.3, -0.25) is 14.4 Å². The molecule has 54 heavy (non-hydrogen) atoms. The normalized spacial score (nSPS) is 11.5. The lowest BCUT2D eigenvalue weighted by Gasteiger charge is -2.19. The maximum atomic E-state index is 13.7. The van der Waals surface area contributed by atoms with Crippen LogP contribution in [0.4, 0.5) is 11.4 Å². The van der Waals surface area contributed by atoms with Gasteiger partial charge in [0.25, 0.3) is 11.8 Å². The van der Waals surface area contributed by atoms with E-state index in [0.29, 0.717) is 47.2 Å². The third-order valence-electron chi connectivity index (χ3n) is 8.12. The van der Waals surface area contributed by atoms with Gasteiger partial charge in [0.2, 0.25) is 5.91 Å². The third-order valence-corrected chi connectivity index (χ3v) is 9.39. The second kappa shape index (κ2) is 18.8. The van der Waals surface area contributed by atoms with E-state index in [2.05, 4.69) is 16.0 Å². The fourth-order valence-corrected chi connectivity index (χ4v) is 6.44. The van der Waals surface area contributed by atoms with E-state index in [1.54, 1.807) is 42.5 Å². The molecule has 3 N–H and O–H groups in total. The minimum atomic E-state index is -0.570. The van der Waals surface area contributed by atoms with Crippen molar-refractivity contribution in [2.75, 3.05) is 17.2 Å². The standard InChI is InChI=1S/C45H39N3O5S/c1-2-52-41-21-13-12-20-39(41)47-45(51)42(34-16-8-4-9-17-34)54-38-28-24-36(25-29-38)46-44(50)40(48-43(49)35-18-10-5-11-19-35)30-32-22-26-37(27-23-32)53-31-33-14-6-3-7-15-33/h3-30,42H,2,31H2,1H3,(H,46,50)(H,47,51)(H,48,49)/b40-30-. The van der Waals surface area contributed by atoms with Gasteiger partial charge >= 0.3 is 0 Å². The van der Waals surface area contributed by atoms with Gasteiger partial charge in [0, 0.05) is 16.1 Å². The van der Waals surface area contributed by atoms with E-state index >= 15 is 0 Å². The molecule has 0 heterocycles. The molecule has 6 rings (SSSR count). The predicted octanol–water partition coefficient (Wildman–Crippen LogP) is 9.55. The van der Waals surface area contributed by atoms with Gasteiger partial charge in [0.15, 0.2) is 0 Å². The highest BCUT2D eigenvalue weighted by Crippen LogP contribution is 2.37. The molecule has 6 aromatic carbocycles. The number of ether oxygens (including phenoxy) is 2. The minimum absolute atomic E-state index is 0.0633. The Labute approximate surface area is 319 Å². The van der Waals surface area contributed by atoms with E-state index in [9.17, 15) is 14.4 Å². The highest BCUT2D eigenvalue weighted by atomic mass is 32.2. The Kier molecular flexibility index (Phi) is 12.9. The first kappa shape index (κ1) is 37.2. The average Bonchev–Trinajstić information content (AvgIpc) is 3.21. The first-order valence-electron chi connectivity index (χ1n) is 17.5. The first-order valence-corrected chi connectivity index (χ1v) is 18.3. The quantitative estimate of drug-likeness (QED) is 0.0718. The monoisotopic (exact) mass is 733 g/mol. The molecule has 8 nitrogen and oxygen atoms in total. The molecule has 1 atom stereocenters. The molecule has 6 aromatic rings. The molecular formula is C45H39N3O5S. The highest BCUT2D eigenvalue weighted by molar-refractivity contribution is 8.00. The molecule has 270 valence electrons. The summed E-state index contributed by atoms with van der Waals surface area (Å²) in [5.41, 5.74) is 4.18. The van der Waals surface area contributed by atoms with Gasteiger partial charge in [-0.15, -0.1) is 11.8 Å². The third kappa shape index (κ3) is 10.5. The summed E-state index contributed by atoms with van der Waals surface area (Å²) in [6.07, 6.45) is 1.62. The summed E-state index contributed by atoms with van der Waals surface area (Å²) in [7, 11) is 0. The zero-order valence-corrected chi connectivity index (χ0v) is 30.4. The average molecular weight is 734 g/mol. The molecule has 9 heteroatoms. The second-order valence-electron chi connectivity index (χ2n) is 12.0. The van der Waals surface area contributed by atoms with Crippen LogP contribution in [0.1, 0.15) is 39.2 Å². The number of hydrogen-bond acceptors (Lipinski definition) is 6. The number of hydrogen-bond donors (Lipinski definition) is 3. The van der Waals surface area contributed by atoms with E-state index < -0.39 is 17.1 Å². The van der Waals surface area contributed by atoms with Crippen molar-refractivity contribution in [2.24, 2.45) is 0 Å². The van der Waals surface area contributed by atoms with Crippen LogP contribution in [0.2, 0.25) is 0 Å². The summed E-state index contributed by atoms with van der Waals surface area (Å²) in [5.74, 6) is 0.161. The number of para-hydroxylation sites is 2. The van der Waals surface area contributed by atoms with Gasteiger partial charge in [-0.25, -0.2) is 0 Å². The van der Waals surface area contributed by atoms with E-state index in [-0.39, 0.29) is 11.6 Å². The number of anilines is 2. The lowest BCUT2D eigenvalue weighted by molar-refractivity contribution is -0.116. The second-order valence-corrected chi connectivity index (χ2v) is 13.2. The van der Waals surface area contributed by atoms with Crippen LogP contribution in [0.3, 0.4) is 0 Å². The summed E-state index contributed by atoms with van der Waals surface area (Å²) in [6.45, 7) is 2.80. The number of carbonyl (C=O) groups excluding carboxylic acids is 3. The van der Waals surface area contributed by atoms with Crippen molar-refractivity contribution >= 4 is 46.9 Å². The Morgan fingerprint density at radius 1 is 0.667 bits per heavy atom. The minimum Gasteiger partial charge on any atom is -0.492 e. The van der Waals surface area contributed by atoms with Crippen LogP contribution < -0.4 is 25.4 Å². The molecule has 0 spiro atoms. The van der Waals surface area contributed by atoms with Gasteiger partial charge < -0.3 is 25.4 Å². The Morgan fingerprint density at radius 2 is 1.30 bits per heavy atom. The van der Waals surface area contributed by atoms with Crippen molar-refractivity contribution in [1.82, 2.24) is 5.32 Å². The molecular weight excluding hydrogens is 695 g/mol. The van der Waals surface area contributed by atoms with Gasteiger partial charge in [-0.2, -0.15) is 0 Å². The molecule has 0 bridgehead atoms. The Balaban J connectivity index is 1.17. The number of nitrogens with one attached hydrogen (secondary N) is 3. The van der Waals surface area contributed by atoms with Gasteiger partial charge in [-0.05, 0) is 90.4 Å². The van der Waals surface area contributed by atoms with Crippen molar-refractivity contribution < 1.29 is 23.9 Å². The van der Waals surface area contributed by atoms with Crippen molar-refractivity contribution in [3.63, 3.8) is 0 Å². The lowest BCUT2D eigenvalue weighted by atomic mass is 10.1. The summed E-state index contributed by atoms with van der Waals surface area (Å²) in [4.78, 5) is 41.4. The van der Waals surface area contributed by atoms with Crippen LogP contribution in [0.25, 0.3) is 6.08 Å². The van der Waals surface area contributed by atoms with Gasteiger partial charge in [0.05, 0.1) is 12.3 Å².